The van der Waals surface area contributed by atoms with Gasteiger partial charge in [-0.2, -0.15) is 0 Å². The molecule has 2 aliphatic rings. The van der Waals surface area contributed by atoms with E-state index in [9.17, 15) is 0 Å². The third kappa shape index (κ3) is 5.14. The number of rotatable bonds is 6. The Morgan fingerprint density at radius 3 is 1.68 bits per heavy atom. The standard InChI is InChI=1S/C55H47N/c1-53(2)34-35-54(3,4)52-44(30-19-32-48(52)53)46-36-45-43-29-16-17-31-47(43)55(39-22-8-5-9-23-39,40-24-10-6-11-25-40)49(45)37-51(46)56(41-26-12-7-13-27-41)50-33-18-21-38-20-14-15-28-42(38)50/h5-33,36-37H,34-35H2,1-4H3. The van der Waals surface area contributed by atoms with Crippen molar-refractivity contribution >= 4 is 27.8 Å². The average molecular weight is 722 g/mol. The molecule has 0 saturated heterocycles. The highest BCUT2D eigenvalue weighted by Gasteiger charge is 2.47. The lowest BCUT2D eigenvalue weighted by molar-refractivity contribution is 0.333. The molecule has 0 fully saturated rings. The number of nitrogens with zero attached hydrogens (tertiary/aromatic N) is 1. The van der Waals surface area contributed by atoms with Crippen molar-refractivity contribution in [1.82, 2.24) is 0 Å². The van der Waals surface area contributed by atoms with Gasteiger partial charge in [0.05, 0.1) is 16.8 Å². The van der Waals surface area contributed by atoms with E-state index in [1.54, 1.807) is 0 Å². The van der Waals surface area contributed by atoms with E-state index in [0.717, 1.165) is 12.1 Å². The van der Waals surface area contributed by atoms with Crippen molar-refractivity contribution in [2.24, 2.45) is 0 Å². The molecule has 0 unspecified atom stereocenters. The second-order valence-electron chi connectivity index (χ2n) is 17.1. The molecule has 2 aliphatic carbocycles. The Hall–Kier alpha value is -6.18. The van der Waals surface area contributed by atoms with E-state index in [0.29, 0.717) is 0 Å². The summed E-state index contributed by atoms with van der Waals surface area (Å²) in [6, 6.07) is 70.3. The highest BCUT2D eigenvalue weighted by Crippen LogP contribution is 2.60. The summed E-state index contributed by atoms with van der Waals surface area (Å²) in [6.45, 7) is 9.79. The monoisotopic (exact) mass is 721 g/mol. The second-order valence-corrected chi connectivity index (χ2v) is 17.1. The lowest BCUT2D eigenvalue weighted by atomic mass is 9.61. The summed E-state index contributed by atoms with van der Waals surface area (Å²) >= 11 is 0. The van der Waals surface area contributed by atoms with Crippen LogP contribution in [0.1, 0.15) is 73.9 Å². The van der Waals surface area contributed by atoms with E-state index in [4.69, 9.17) is 0 Å². The second kappa shape index (κ2) is 13.0. The van der Waals surface area contributed by atoms with Crippen LogP contribution in [0.2, 0.25) is 0 Å². The van der Waals surface area contributed by atoms with Gasteiger partial charge in [-0.05, 0) is 109 Å². The van der Waals surface area contributed by atoms with Crippen LogP contribution >= 0.6 is 0 Å². The maximum Gasteiger partial charge on any atom is 0.0714 e. The molecule has 272 valence electrons. The lowest BCUT2D eigenvalue weighted by Gasteiger charge is -2.43. The van der Waals surface area contributed by atoms with E-state index in [-0.39, 0.29) is 10.8 Å². The molecule has 1 heteroatoms. The molecule has 0 spiro atoms. The summed E-state index contributed by atoms with van der Waals surface area (Å²) in [5.74, 6) is 0. The zero-order chi connectivity index (χ0) is 38.1. The zero-order valence-corrected chi connectivity index (χ0v) is 32.8. The van der Waals surface area contributed by atoms with Gasteiger partial charge in [0.15, 0.2) is 0 Å². The van der Waals surface area contributed by atoms with Gasteiger partial charge in [0.25, 0.3) is 0 Å². The van der Waals surface area contributed by atoms with Gasteiger partial charge in [0, 0.05) is 16.6 Å². The molecular weight excluding hydrogens is 675 g/mol. The molecular formula is C55H47N. The third-order valence-electron chi connectivity index (χ3n) is 13.0. The molecule has 0 bridgehead atoms. The maximum atomic E-state index is 2.57. The van der Waals surface area contributed by atoms with Crippen LogP contribution in [0.5, 0.6) is 0 Å². The number of benzene rings is 8. The van der Waals surface area contributed by atoms with Crippen LogP contribution in [0.25, 0.3) is 33.0 Å². The molecule has 0 aliphatic heterocycles. The van der Waals surface area contributed by atoms with Crippen molar-refractivity contribution in [2.75, 3.05) is 4.90 Å². The summed E-state index contributed by atoms with van der Waals surface area (Å²) in [4.78, 5) is 2.54. The van der Waals surface area contributed by atoms with Crippen LogP contribution in [-0.4, -0.2) is 0 Å². The van der Waals surface area contributed by atoms with E-state index in [1.807, 2.05) is 0 Å². The molecule has 0 saturated carbocycles. The highest BCUT2D eigenvalue weighted by atomic mass is 15.1. The van der Waals surface area contributed by atoms with Crippen LogP contribution in [0.4, 0.5) is 17.1 Å². The van der Waals surface area contributed by atoms with Crippen LogP contribution in [-0.2, 0) is 16.2 Å². The first kappa shape index (κ1) is 34.3. The van der Waals surface area contributed by atoms with E-state index in [2.05, 4.69) is 221 Å². The normalized spacial score (nSPS) is 15.8. The number of fused-ring (bicyclic) bond motifs is 5. The molecule has 0 atom stereocenters. The summed E-state index contributed by atoms with van der Waals surface area (Å²) in [6.07, 6.45) is 2.31. The minimum Gasteiger partial charge on any atom is -0.309 e. The largest absolute Gasteiger partial charge is 0.309 e. The minimum absolute atomic E-state index is 0.00446. The van der Waals surface area contributed by atoms with E-state index < -0.39 is 5.41 Å². The van der Waals surface area contributed by atoms with Crippen LogP contribution in [0.3, 0.4) is 0 Å². The van der Waals surface area contributed by atoms with Gasteiger partial charge in [-0.3, -0.25) is 0 Å². The maximum absolute atomic E-state index is 2.57. The van der Waals surface area contributed by atoms with Gasteiger partial charge in [-0.25, -0.2) is 0 Å². The Morgan fingerprint density at radius 2 is 0.946 bits per heavy atom. The Labute approximate surface area is 331 Å². The van der Waals surface area contributed by atoms with Crippen LogP contribution < -0.4 is 4.90 Å². The highest BCUT2D eigenvalue weighted by molar-refractivity contribution is 6.03. The van der Waals surface area contributed by atoms with Crippen molar-refractivity contribution in [1.29, 1.82) is 0 Å². The average Bonchev–Trinajstić information content (AvgIpc) is 3.53. The van der Waals surface area contributed by atoms with Gasteiger partial charge in [-0.1, -0.05) is 185 Å². The smallest absolute Gasteiger partial charge is 0.0714 e. The van der Waals surface area contributed by atoms with E-state index in [1.165, 1.54) is 84.2 Å². The van der Waals surface area contributed by atoms with Crippen molar-refractivity contribution in [3.8, 4) is 22.3 Å². The van der Waals surface area contributed by atoms with Crippen LogP contribution in [0, 0.1) is 0 Å². The number of hydrogen-bond donors (Lipinski definition) is 0. The predicted octanol–water partition coefficient (Wildman–Crippen LogP) is 14.7. The summed E-state index contributed by atoms with van der Waals surface area (Å²) in [5, 5.41) is 2.45. The topological polar surface area (TPSA) is 3.24 Å². The quantitative estimate of drug-likeness (QED) is 0.165. The number of hydrogen-bond acceptors (Lipinski definition) is 1. The molecule has 1 nitrogen and oxygen atoms in total. The summed E-state index contributed by atoms with van der Waals surface area (Å²) < 4.78 is 0. The Morgan fingerprint density at radius 1 is 0.393 bits per heavy atom. The Bertz CT molecular complexity index is 2700. The fourth-order valence-electron chi connectivity index (χ4n) is 10.2. The fraction of sp³-hybridized carbons (Fsp3) is 0.164. The molecule has 0 aromatic heterocycles. The summed E-state index contributed by atoms with van der Waals surface area (Å²) in [7, 11) is 0. The molecule has 0 amide bonds. The van der Waals surface area contributed by atoms with Gasteiger partial charge < -0.3 is 4.90 Å². The first-order valence-electron chi connectivity index (χ1n) is 20.2. The van der Waals surface area contributed by atoms with Gasteiger partial charge in [-0.15, -0.1) is 0 Å². The first-order valence-corrected chi connectivity index (χ1v) is 20.2. The van der Waals surface area contributed by atoms with Crippen molar-refractivity contribution < 1.29 is 0 Å². The first-order chi connectivity index (χ1) is 27.3. The molecule has 0 N–H and O–H groups in total. The lowest BCUT2D eigenvalue weighted by Crippen LogP contribution is -2.34. The van der Waals surface area contributed by atoms with E-state index >= 15 is 0 Å². The molecule has 8 aromatic rings. The van der Waals surface area contributed by atoms with Crippen molar-refractivity contribution in [3.05, 3.63) is 221 Å². The Kier molecular flexibility index (Phi) is 7.94. The Balaban J connectivity index is 1.40. The van der Waals surface area contributed by atoms with Gasteiger partial charge in [0.2, 0.25) is 0 Å². The molecule has 8 aromatic carbocycles. The van der Waals surface area contributed by atoms with Gasteiger partial charge in [0.1, 0.15) is 0 Å². The molecule has 10 rings (SSSR count). The van der Waals surface area contributed by atoms with Crippen molar-refractivity contribution in [3.63, 3.8) is 0 Å². The third-order valence-corrected chi connectivity index (χ3v) is 13.0. The molecule has 0 radical (unpaired) electrons. The summed E-state index contributed by atoms with van der Waals surface area (Å²) in [5.41, 5.74) is 16.3. The zero-order valence-electron chi connectivity index (χ0n) is 32.8. The minimum atomic E-state index is -0.528. The SMILES string of the molecule is CC1(C)CCC(C)(C)c2c(-c3cc4c(cc3N(c3ccccc3)c3cccc5ccccc35)C(c3ccccc3)(c3ccccc3)c3ccccc3-4)cccc21. The molecule has 0 heterocycles. The predicted molar refractivity (Wildman–Crippen MR) is 237 cm³/mol. The van der Waals surface area contributed by atoms with Gasteiger partial charge >= 0.3 is 0 Å². The molecule has 56 heavy (non-hydrogen) atoms. The van der Waals surface area contributed by atoms with Crippen molar-refractivity contribution in [2.45, 2.75) is 56.8 Å². The number of anilines is 3. The van der Waals surface area contributed by atoms with Crippen LogP contribution in [0.15, 0.2) is 188 Å². The fourth-order valence-corrected chi connectivity index (χ4v) is 10.2. The number of para-hydroxylation sites is 1.